The van der Waals surface area contributed by atoms with Gasteiger partial charge in [-0.2, -0.15) is 21.9 Å². The quantitative estimate of drug-likeness (QED) is 0.699. The van der Waals surface area contributed by atoms with Crippen LogP contribution in [0.4, 0.5) is 24.5 Å². The summed E-state index contributed by atoms with van der Waals surface area (Å²) in [6.07, 6.45) is -4.35. The van der Waals surface area contributed by atoms with E-state index in [1.54, 1.807) is 18.2 Å². The molecule has 1 saturated heterocycles. The fourth-order valence-corrected chi connectivity index (χ4v) is 3.82. The standard InChI is InChI=1S/C19H18F3N5OS/c20-19(21,22)13-2-1-3-15(10-13)27-8-6-26(7-9-27)12-18(28)23-14-4-5-16-17(11-14)25-29-24-16/h1-5,10-11H,6-9,12H2,(H,23,28). The van der Waals surface area contributed by atoms with Gasteiger partial charge in [0, 0.05) is 37.6 Å². The number of alkyl halides is 3. The van der Waals surface area contributed by atoms with E-state index in [-0.39, 0.29) is 12.5 Å². The number of nitrogens with zero attached hydrogens (tertiary/aromatic N) is 4. The number of halogens is 3. The first-order valence-corrected chi connectivity index (χ1v) is 9.78. The van der Waals surface area contributed by atoms with E-state index in [1.165, 1.54) is 12.1 Å². The van der Waals surface area contributed by atoms with Gasteiger partial charge in [-0.1, -0.05) is 6.07 Å². The third-order valence-corrected chi connectivity index (χ3v) is 5.37. The van der Waals surface area contributed by atoms with Gasteiger partial charge in [0.25, 0.3) is 0 Å². The molecule has 152 valence electrons. The highest BCUT2D eigenvalue weighted by Crippen LogP contribution is 2.31. The second-order valence-corrected chi connectivity index (χ2v) is 7.36. The third kappa shape index (κ3) is 4.65. The lowest BCUT2D eigenvalue weighted by Crippen LogP contribution is -2.48. The zero-order valence-corrected chi connectivity index (χ0v) is 16.1. The highest BCUT2D eigenvalue weighted by molar-refractivity contribution is 7.00. The Hall–Kier alpha value is -2.72. The van der Waals surface area contributed by atoms with Crippen LogP contribution in [0.2, 0.25) is 0 Å². The van der Waals surface area contributed by atoms with Gasteiger partial charge in [0.15, 0.2) is 0 Å². The highest BCUT2D eigenvalue weighted by atomic mass is 32.1. The molecule has 2 heterocycles. The number of aromatic nitrogens is 2. The van der Waals surface area contributed by atoms with Crippen molar-refractivity contribution in [3.05, 3.63) is 48.0 Å². The number of benzene rings is 2. The second kappa shape index (κ2) is 7.96. The molecular weight excluding hydrogens is 403 g/mol. The molecule has 1 fully saturated rings. The Kier molecular flexibility index (Phi) is 5.37. The van der Waals surface area contributed by atoms with Crippen molar-refractivity contribution in [1.82, 2.24) is 13.6 Å². The molecule has 0 unspecified atom stereocenters. The van der Waals surface area contributed by atoms with Gasteiger partial charge in [0.05, 0.1) is 23.8 Å². The maximum absolute atomic E-state index is 12.9. The van der Waals surface area contributed by atoms with Crippen LogP contribution in [0.1, 0.15) is 5.56 Å². The summed E-state index contributed by atoms with van der Waals surface area (Å²) < 4.78 is 47.0. The molecule has 0 spiro atoms. The van der Waals surface area contributed by atoms with Gasteiger partial charge in [-0.3, -0.25) is 9.69 Å². The number of hydrogen-bond acceptors (Lipinski definition) is 6. The number of amides is 1. The van der Waals surface area contributed by atoms with Crippen molar-refractivity contribution in [3.63, 3.8) is 0 Å². The van der Waals surface area contributed by atoms with E-state index in [1.807, 2.05) is 15.9 Å². The predicted octanol–water partition coefficient (Wildman–Crippen LogP) is 3.47. The molecule has 1 aromatic heterocycles. The van der Waals surface area contributed by atoms with Gasteiger partial charge in [-0.15, -0.1) is 0 Å². The molecule has 10 heteroatoms. The van der Waals surface area contributed by atoms with Gasteiger partial charge in [0.2, 0.25) is 5.91 Å². The molecule has 0 bridgehead atoms. The Bertz CT molecular complexity index is 1010. The molecule has 6 nitrogen and oxygen atoms in total. The van der Waals surface area contributed by atoms with E-state index < -0.39 is 11.7 Å². The number of rotatable bonds is 4. The summed E-state index contributed by atoms with van der Waals surface area (Å²) in [6, 6.07) is 10.7. The van der Waals surface area contributed by atoms with Crippen molar-refractivity contribution in [2.24, 2.45) is 0 Å². The molecule has 1 amide bonds. The fraction of sp³-hybridized carbons (Fsp3) is 0.316. The summed E-state index contributed by atoms with van der Waals surface area (Å²) in [4.78, 5) is 16.2. The van der Waals surface area contributed by atoms with Crippen LogP contribution in [0.5, 0.6) is 0 Å². The Morgan fingerprint density at radius 2 is 1.79 bits per heavy atom. The van der Waals surface area contributed by atoms with Crippen LogP contribution in [0.25, 0.3) is 11.0 Å². The van der Waals surface area contributed by atoms with Gasteiger partial charge < -0.3 is 10.2 Å². The summed E-state index contributed by atoms with van der Waals surface area (Å²) in [7, 11) is 0. The van der Waals surface area contributed by atoms with Crippen molar-refractivity contribution in [2.75, 3.05) is 42.9 Å². The van der Waals surface area contributed by atoms with Crippen molar-refractivity contribution >= 4 is 40.0 Å². The molecule has 0 aliphatic carbocycles. The molecule has 1 aliphatic rings. The maximum Gasteiger partial charge on any atom is 0.416 e. The van der Waals surface area contributed by atoms with Gasteiger partial charge in [0.1, 0.15) is 11.0 Å². The molecule has 0 saturated carbocycles. The lowest BCUT2D eigenvalue weighted by Gasteiger charge is -2.36. The Morgan fingerprint density at radius 1 is 1.03 bits per heavy atom. The average Bonchev–Trinajstić information content (AvgIpc) is 3.16. The summed E-state index contributed by atoms with van der Waals surface area (Å²) in [5.41, 5.74) is 2.09. The van der Waals surface area contributed by atoms with Crippen molar-refractivity contribution in [1.29, 1.82) is 0 Å². The Labute approximate surface area is 169 Å². The van der Waals surface area contributed by atoms with Crippen LogP contribution < -0.4 is 10.2 Å². The number of carbonyl (C=O) groups excluding carboxylic acids is 1. The number of carbonyl (C=O) groups is 1. The van der Waals surface area contributed by atoms with Crippen molar-refractivity contribution < 1.29 is 18.0 Å². The predicted molar refractivity (Wildman–Crippen MR) is 106 cm³/mol. The minimum absolute atomic E-state index is 0.139. The monoisotopic (exact) mass is 421 g/mol. The van der Waals surface area contributed by atoms with Crippen LogP contribution in [0.15, 0.2) is 42.5 Å². The molecule has 29 heavy (non-hydrogen) atoms. The molecule has 1 N–H and O–H groups in total. The van der Waals surface area contributed by atoms with E-state index in [4.69, 9.17) is 0 Å². The highest BCUT2D eigenvalue weighted by Gasteiger charge is 2.31. The molecular formula is C19H18F3N5OS. The SMILES string of the molecule is O=C(CN1CCN(c2cccc(C(F)(F)F)c2)CC1)Nc1ccc2nsnc2c1. The van der Waals surface area contributed by atoms with E-state index >= 15 is 0 Å². The molecule has 0 radical (unpaired) electrons. The van der Waals surface area contributed by atoms with E-state index in [9.17, 15) is 18.0 Å². The van der Waals surface area contributed by atoms with Gasteiger partial charge in [-0.05, 0) is 36.4 Å². The largest absolute Gasteiger partial charge is 0.416 e. The smallest absolute Gasteiger partial charge is 0.369 e. The van der Waals surface area contributed by atoms with Crippen molar-refractivity contribution in [3.8, 4) is 0 Å². The molecule has 1 aliphatic heterocycles. The zero-order chi connectivity index (χ0) is 20.4. The fourth-order valence-electron chi connectivity index (χ4n) is 3.31. The van der Waals surface area contributed by atoms with Crippen LogP contribution >= 0.6 is 11.7 Å². The second-order valence-electron chi connectivity index (χ2n) is 6.83. The molecule has 2 aromatic carbocycles. The number of anilines is 2. The minimum atomic E-state index is -4.35. The number of nitrogens with one attached hydrogen (secondary N) is 1. The molecule has 3 aromatic rings. The van der Waals surface area contributed by atoms with Crippen LogP contribution in [-0.4, -0.2) is 52.3 Å². The number of piperazine rings is 1. The third-order valence-electron chi connectivity index (χ3n) is 4.82. The average molecular weight is 421 g/mol. The first-order chi connectivity index (χ1) is 13.9. The molecule has 0 atom stereocenters. The van der Waals surface area contributed by atoms with E-state index in [0.29, 0.717) is 37.6 Å². The lowest BCUT2D eigenvalue weighted by atomic mass is 10.1. The van der Waals surface area contributed by atoms with Crippen LogP contribution in [0.3, 0.4) is 0 Å². The van der Waals surface area contributed by atoms with E-state index in [2.05, 4.69) is 14.1 Å². The first kappa shape index (κ1) is 19.6. The normalized spacial score (nSPS) is 15.6. The summed E-state index contributed by atoms with van der Waals surface area (Å²) in [5.74, 6) is -0.139. The minimum Gasteiger partial charge on any atom is -0.369 e. The van der Waals surface area contributed by atoms with Crippen LogP contribution in [-0.2, 0) is 11.0 Å². The Balaban J connectivity index is 1.31. The maximum atomic E-state index is 12.9. The lowest BCUT2D eigenvalue weighted by molar-refractivity contribution is -0.137. The van der Waals surface area contributed by atoms with Crippen LogP contribution in [0, 0.1) is 0 Å². The van der Waals surface area contributed by atoms with Crippen molar-refractivity contribution in [2.45, 2.75) is 6.18 Å². The topological polar surface area (TPSA) is 61.4 Å². The summed E-state index contributed by atoms with van der Waals surface area (Å²) in [5, 5.41) is 2.86. The first-order valence-electron chi connectivity index (χ1n) is 9.05. The van der Waals surface area contributed by atoms with Gasteiger partial charge in [-0.25, -0.2) is 0 Å². The zero-order valence-electron chi connectivity index (χ0n) is 15.3. The van der Waals surface area contributed by atoms with Gasteiger partial charge >= 0.3 is 6.18 Å². The molecule has 4 rings (SSSR count). The number of hydrogen-bond donors (Lipinski definition) is 1. The number of fused-ring (bicyclic) bond motifs is 1. The summed E-state index contributed by atoms with van der Waals surface area (Å²) >= 11 is 1.12. The van der Waals surface area contributed by atoms with E-state index in [0.717, 1.165) is 28.8 Å². The summed E-state index contributed by atoms with van der Waals surface area (Å²) in [6.45, 7) is 2.54. The Morgan fingerprint density at radius 3 is 2.55 bits per heavy atom.